The molecule has 0 saturated heterocycles. The second-order valence-corrected chi connectivity index (χ2v) is 10.3. The van der Waals surface area contributed by atoms with Gasteiger partial charge < -0.3 is 25.9 Å². The first-order valence-electron chi connectivity index (χ1n) is 12.4. The Hall–Kier alpha value is -3.27. The van der Waals surface area contributed by atoms with Crippen LogP contribution in [0.1, 0.15) is 42.9 Å². The van der Waals surface area contributed by atoms with E-state index in [0.717, 1.165) is 41.5 Å². The number of nitrogen functional groups attached to an aromatic ring is 1. The molecule has 3 aliphatic rings. The van der Waals surface area contributed by atoms with E-state index >= 15 is 0 Å². The van der Waals surface area contributed by atoms with Gasteiger partial charge in [0.1, 0.15) is 29.7 Å². The van der Waals surface area contributed by atoms with Gasteiger partial charge in [0.2, 0.25) is 0 Å². The van der Waals surface area contributed by atoms with Gasteiger partial charge in [-0.3, -0.25) is 0 Å². The van der Waals surface area contributed by atoms with Gasteiger partial charge in [0.15, 0.2) is 0 Å². The van der Waals surface area contributed by atoms with E-state index in [0.29, 0.717) is 23.9 Å². The molecule has 35 heavy (non-hydrogen) atoms. The summed E-state index contributed by atoms with van der Waals surface area (Å²) in [6.07, 6.45) is 6.48. The Bertz CT molecular complexity index is 1430. The second kappa shape index (κ2) is 7.87. The second-order valence-electron chi connectivity index (χ2n) is 10.3. The van der Waals surface area contributed by atoms with Gasteiger partial charge in [-0.2, -0.15) is 0 Å². The van der Waals surface area contributed by atoms with Crippen LogP contribution in [0.2, 0.25) is 0 Å². The van der Waals surface area contributed by atoms with Gasteiger partial charge in [-0.1, -0.05) is 12.1 Å². The van der Waals surface area contributed by atoms with Gasteiger partial charge in [-0.05, 0) is 61.8 Å². The van der Waals surface area contributed by atoms with Crippen molar-refractivity contribution in [3.63, 3.8) is 0 Å². The number of nitrogens with zero attached hydrogens (tertiary/aromatic N) is 5. The number of hydrogen-bond acceptors (Lipinski definition) is 8. The summed E-state index contributed by atoms with van der Waals surface area (Å²) in [6.45, 7) is 0.920. The Kier molecular flexibility index (Phi) is 4.74. The zero-order chi connectivity index (χ0) is 23.7. The molecule has 2 saturated carbocycles. The third kappa shape index (κ3) is 3.53. The molecular formula is C26H29N7O2. The molecule has 9 heteroatoms. The molecule has 1 aromatic carbocycles. The van der Waals surface area contributed by atoms with Gasteiger partial charge in [-0.25, -0.2) is 20.0 Å². The summed E-state index contributed by atoms with van der Waals surface area (Å²) in [6, 6.07) is 11.0. The van der Waals surface area contributed by atoms with Crippen LogP contribution < -0.4 is 11.2 Å². The van der Waals surface area contributed by atoms with Crippen molar-refractivity contribution in [3.05, 3.63) is 54.0 Å². The first-order valence-corrected chi connectivity index (χ1v) is 12.4. The monoisotopic (exact) mass is 471 g/mol. The number of fused-ring (bicyclic) bond motifs is 3. The normalized spacial score (nSPS) is 26.5. The summed E-state index contributed by atoms with van der Waals surface area (Å²) in [7, 11) is 0. The third-order valence-corrected chi connectivity index (χ3v) is 8.01. The molecule has 180 valence electrons. The molecule has 3 aromatic heterocycles. The molecule has 0 spiro atoms. The molecule has 4 atom stereocenters. The minimum Gasteiger partial charge on any atom is -0.390 e. The van der Waals surface area contributed by atoms with Gasteiger partial charge in [0.05, 0.1) is 23.0 Å². The van der Waals surface area contributed by atoms with Crippen molar-refractivity contribution < 1.29 is 10.2 Å². The fourth-order valence-corrected chi connectivity index (χ4v) is 5.87. The van der Waals surface area contributed by atoms with Crippen molar-refractivity contribution in [2.24, 2.45) is 5.92 Å². The minimum absolute atomic E-state index is 0.0101. The molecule has 2 aliphatic carbocycles. The van der Waals surface area contributed by atoms with Crippen molar-refractivity contribution in [3.8, 4) is 0 Å². The molecule has 9 nitrogen and oxygen atoms in total. The summed E-state index contributed by atoms with van der Waals surface area (Å²) >= 11 is 0. The topological polar surface area (TPSA) is 125 Å². The number of hydrogen-bond donors (Lipinski definition) is 4. The number of nitrogens with two attached hydrogens (primary N) is 1. The van der Waals surface area contributed by atoms with E-state index in [4.69, 9.17) is 10.7 Å². The average molecular weight is 472 g/mol. The molecule has 2 fully saturated rings. The van der Waals surface area contributed by atoms with Crippen LogP contribution in [0.15, 0.2) is 42.9 Å². The van der Waals surface area contributed by atoms with Crippen molar-refractivity contribution in [1.82, 2.24) is 24.5 Å². The van der Waals surface area contributed by atoms with Crippen LogP contribution in [0.3, 0.4) is 0 Å². The molecule has 0 amide bonds. The van der Waals surface area contributed by atoms with E-state index < -0.39 is 12.2 Å². The maximum absolute atomic E-state index is 10.9. The van der Waals surface area contributed by atoms with E-state index in [1.54, 1.807) is 0 Å². The number of hydrazine groups is 1. The molecule has 7 rings (SSSR count). The first kappa shape index (κ1) is 21.0. The summed E-state index contributed by atoms with van der Waals surface area (Å²) in [5.74, 6) is 1.38. The predicted molar refractivity (Wildman–Crippen MR) is 133 cm³/mol. The van der Waals surface area contributed by atoms with Crippen LogP contribution in [0.25, 0.3) is 21.9 Å². The van der Waals surface area contributed by atoms with Gasteiger partial charge in [0, 0.05) is 29.7 Å². The molecule has 4 aromatic rings. The SMILES string of the molecule is Nc1ncnc2c1ccn2[C@@H]1C[C@H](CCc2ccc3cc4c(nc3c2)NN(C2CC2)C4)[C@@H](O)[C@H]1O. The first-order chi connectivity index (χ1) is 17.0. The molecule has 1 aliphatic heterocycles. The van der Waals surface area contributed by atoms with Gasteiger partial charge in [-0.15, -0.1) is 0 Å². The largest absolute Gasteiger partial charge is 0.390 e. The molecular weight excluding hydrogens is 442 g/mol. The lowest BCUT2D eigenvalue weighted by molar-refractivity contribution is 0.00545. The molecule has 5 N–H and O–H groups in total. The van der Waals surface area contributed by atoms with Crippen molar-refractivity contribution in [2.75, 3.05) is 11.2 Å². The van der Waals surface area contributed by atoms with Gasteiger partial charge >= 0.3 is 0 Å². The number of aliphatic hydroxyl groups excluding tert-OH is 2. The average Bonchev–Trinajstić information content (AvgIpc) is 3.39. The number of aryl methyl sites for hydroxylation is 1. The number of benzene rings is 1. The highest BCUT2D eigenvalue weighted by Gasteiger charge is 2.42. The number of aromatic nitrogens is 4. The smallest absolute Gasteiger partial charge is 0.145 e. The van der Waals surface area contributed by atoms with E-state index in [1.165, 1.54) is 30.3 Å². The van der Waals surface area contributed by atoms with Crippen molar-refractivity contribution in [2.45, 2.75) is 62.9 Å². The molecule has 0 bridgehead atoms. The summed E-state index contributed by atoms with van der Waals surface area (Å²) < 4.78 is 1.93. The highest BCUT2D eigenvalue weighted by molar-refractivity contribution is 5.86. The number of aliphatic hydroxyl groups is 2. The molecule has 0 unspecified atom stereocenters. The maximum atomic E-state index is 10.9. The lowest BCUT2D eigenvalue weighted by Crippen LogP contribution is -2.29. The van der Waals surface area contributed by atoms with E-state index in [2.05, 4.69) is 44.7 Å². The minimum atomic E-state index is -0.854. The number of anilines is 2. The van der Waals surface area contributed by atoms with E-state index in [-0.39, 0.29) is 12.0 Å². The third-order valence-electron chi connectivity index (χ3n) is 8.01. The number of pyridine rings is 1. The van der Waals surface area contributed by atoms with Crippen LogP contribution in [0, 0.1) is 5.92 Å². The van der Waals surface area contributed by atoms with Crippen LogP contribution >= 0.6 is 0 Å². The summed E-state index contributed by atoms with van der Waals surface area (Å²) in [4.78, 5) is 13.3. The highest BCUT2D eigenvalue weighted by Crippen LogP contribution is 2.40. The van der Waals surface area contributed by atoms with Gasteiger partial charge in [0.25, 0.3) is 0 Å². The fourth-order valence-electron chi connectivity index (χ4n) is 5.87. The van der Waals surface area contributed by atoms with Crippen LogP contribution in [0.5, 0.6) is 0 Å². The predicted octanol–water partition coefficient (Wildman–Crippen LogP) is 2.78. The number of nitrogens with one attached hydrogen (secondary N) is 1. The van der Waals surface area contributed by atoms with Crippen LogP contribution in [-0.2, 0) is 13.0 Å². The lowest BCUT2D eigenvalue weighted by atomic mass is 9.95. The van der Waals surface area contributed by atoms with Crippen LogP contribution in [0.4, 0.5) is 11.6 Å². The highest BCUT2D eigenvalue weighted by atomic mass is 16.3. The zero-order valence-corrected chi connectivity index (χ0v) is 19.4. The standard InChI is InChI=1S/C26H29N7O2/c27-24-19-7-8-32(26(19)29-13-28-24)21-11-16(22(34)23(21)35)4-2-14-1-3-15-10-17-12-33(18-5-6-18)31-25(17)30-20(15)9-14/h1,3,7-10,13,16,18,21-23,34-35H,2,4-6,11-12H2,(H,30,31)(H2,27,28,29)/t16-,21+,22+,23-/m0/s1. The van der Waals surface area contributed by atoms with Crippen molar-refractivity contribution in [1.29, 1.82) is 0 Å². The van der Waals surface area contributed by atoms with E-state index in [9.17, 15) is 10.2 Å². The zero-order valence-electron chi connectivity index (χ0n) is 19.4. The Morgan fingerprint density at radius 3 is 2.83 bits per heavy atom. The summed E-state index contributed by atoms with van der Waals surface area (Å²) in [5.41, 5.74) is 13.6. The Morgan fingerprint density at radius 1 is 1.09 bits per heavy atom. The molecule has 0 radical (unpaired) electrons. The maximum Gasteiger partial charge on any atom is 0.145 e. The Labute approximate surface area is 202 Å². The fraction of sp³-hybridized carbons (Fsp3) is 0.423. The number of rotatable bonds is 5. The Balaban J connectivity index is 1.07. The van der Waals surface area contributed by atoms with Crippen molar-refractivity contribution >= 4 is 33.6 Å². The lowest BCUT2D eigenvalue weighted by Gasteiger charge is -2.19. The Morgan fingerprint density at radius 2 is 1.97 bits per heavy atom. The summed E-state index contributed by atoms with van der Waals surface area (Å²) in [5, 5.41) is 25.9. The quantitative estimate of drug-likeness (QED) is 0.350. The van der Waals surface area contributed by atoms with Crippen LogP contribution in [-0.4, -0.2) is 53.0 Å². The molecule has 4 heterocycles. The van der Waals surface area contributed by atoms with E-state index in [1.807, 2.05) is 16.8 Å².